The highest BCUT2D eigenvalue weighted by molar-refractivity contribution is 5.90. The fourth-order valence-electron chi connectivity index (χ4n) is 3.35. The summed E-state index contributed by atoms with van der Waals surface area (Å²) in [5.74, 6) is -1.07. The molecule has 0 aromatic heterocycles. The first kappa shape index (κ1) is 20.5. The fourth-order valence-corrected chi connectivity index (χ4v) is 3.35. The summed E-state index contributed by atoms with van der Waals surface area (Å²) in [5, 5.41) is 0. The molecule has 0 bridgehead atoms. The Balaban J connectivity index is 1.49. The van der Waals surface area contributed by atoms with Gasteiger partial charge in [-0.05, 0) is 24.3 Å². The van der Waals surface area contributed by atoms with Gasteiger partial charge < -0.3 is 28.4 Å². The molecule has 2 heterocycles. The zero-order valence-corrected chi connectivity index (χ0v) is 16.2. The van der Waals surface area contributed by atoms with Gasteiger partial charge >= 0.3 is 11.9 Å². The van der Waals surface area contributed by atoms with E-state index in [1.165, 1.54) is 0 Å². The summed E-state index contributed by atoms with van der Waals surface area (Å²) in [7, 11) is 0. The van der Waals surface area contributed by atoms with Gasteiger partial charge in [0.05, 0.1) is 17.7 Å². The summed E-state index contributed by atoms with van der Waals surface area (Å²) >= 11 is 0. The van der Waals surface area contributed by atoms with Crippen LogP contribution in [-0.2, 0) is 28.4 Å². The van der Waals surface area contributed by atoms with Crippen molar-refractivity contribution >= 4 is 11.9 Å². The zero-order chi connectivity index (χ0) is 20.8. The van der Waals surface area contributed by atoms with Crippen molar-refractivity contribution < 1.29 is 38.0 Å². The molecular weight excluding hydrogens is 392 g/mol. The molecule has 8 heteroatoms. The van der Waals surface area contributed by atoms with Crippen molar-refractivity contribution in [3.63, 3.8) is 0 Å². The Morgan fingerprint density at radius 2 is 1.53 bits per heavy atom. The van der Waals surface area contributed by atoms with Gasteiger partial charge in [0.15, 0.2) is 6.10 Å². The maximum atomic E-state index is 12.7. The highest BCUT2D eigenvalue weighted by Gasteiger charge is 2.45. The second-order valence-electron chi connectivity index (χ2n) is 6.85. The quantitative estimate of drug-likeness (QED) is 0.665. The highest BCUT2D eigenvalue weighted by Crippen LogP contribution is 2.26. The summed E-state index contributed by atoms with van der Waals surface area (Å²) in [6.07, 6.45) is -2.44. The Morgan fingerprint density at radius 1 is 0.867 bits per heavy atom. The van der Waals surface area contributed by atoms with Crippen molar-refractivity contribution in [1.29, 1.82) is 0 Å². The third-order valence-corrected chi connectivity index (χ3v) is 4.88. The Kier molecular flexibility index (Phi) is 6.70. The van der Waals surface area contributed by atoms with Crippen LogP contribution < -0.4 is 0 Å². The summed E-state index contributed by atoms with van der Waals surface area (Å²) in [6.45, 7) is 0.218. The summed E-state index contributed by atoms with van der Waals surface area (Å²) < 4.78 is 33.3. The molecule has 2 aliphatic rings. The number of rotatable bonds is 6. The molecule has 0 amide bonds. The van der Waals surface area contributed by atoms with Crippen LogP contribution in [0.25, 0.3) is 0 Å². The number of ether oxygens (including phenoxy) is 6. The molecule has 0 saturated carbocycles. The fraction of sp³-hybridized carbons (Fsp3) is 0.364. The first-order valence-corrected chi connectivity index (χ1v) is 9.63. The maximum absolute atomic E-state index is 12.7. The number of fused-ring (bicyclic) bond motifs is 1. The van der Waals surface area contributed by atoms with Crippen LogP contribution in [0.5, 0.6) is 0 Å². The van der Waals surface area contributed by atoms with E-state index in [1.807, 2.05) is 0 Å². The van der Waals surface area contributed by atoms with Crippen molar-refractivity contribution in [2.75, 3.05) is 26.8 Å². The molecule has 0 N–H and O–H groups in total. The van der Waals surface area contributed by atoms with E-state index in [4.69, 9.17) is 28.4 Å². The molecule has 2 aromatic rings. The van der Waals surface area contributed by atoms with Gasteiger partial charge in [0.1, 0.15) is 38.5 Å². The van der Waals surface area contributed by atoms with Crippen LogP contribution in [0.1, 0.15) is 20.7 Å². The van der Waals surface area contributed by atoms with E-state index >= 15 is 0 Å². The molecule has 4 rings (SSSR count). The highest BCUT2D eigenvalue weighted by atomic mass is 16.8. The first-order valence-electron chi connectivity index (χ1n) is 9.63. The van der Waals surface area contributed by atoms with E-state index in [0.717, 1.165) is 0 Å². The molecule has 158 valence electrons. The van der Waals surface area contributed by atoms with Crippen molar-refractivity contribution in [2.45, 2.75) is 24.4 Å². The van der Waals surface area contributed by atoms with E-state index in [1.54, 1.807) is 60.7 Å². The van der Waals surface area contributed by atoms with Crippen LogP contribution in [0, 0.1) is 0 Å². The second-order valence-corrected chi connectivity index (χ2v) is 6.85. The van der Waals surface area contributed by atoms with Gasteiger partial charge in [-0.2, -0.15) is 0 Å². The standard InChI is InChI=1S/C22H22O8/c23-21(15-7-3-1-4-8-15)26-12-18(30-22(24)16-9-5-2-6-10-16)20-19-17(27-14-29-20)11-25-13-28-19/h1-10,17-20H,11-14H2/t17-,18+,19+,20+/m1/s1. The number of carbonyl (C=O) groups is 2. The molecule has 8 nitrogen and oxygen atoms in total. The summed E-state index contributed by atoms with van der Waals surface area (Å²) in [4.78, 5) is 25.0. The molecule has 30 heavy (non-hydrogen) atoms. The molecule has 0 spiro atoms. The van der Waals surface area contributed by atoms with E-state index in [2.05, 4.69) is 0 Å². The third-order valence-electron chi connectivity index (χ3n) is 4.88. The molecule has 4 atom stereocenters. The number of hydrogen-bond acceptors (Lipinski definition) is 8. The molecule has 2 saturated heterocycles. The Morgan fingerprint density at radius 3 is 2.23 bits per heavy atom. The maximum Gasteiger partial charge on any atom is 0.338 e. The smallest absolute Gasteiger partial charge is 0.338 e. The number of carbonyl (C=O) groups excluding carboxylic acids is 2. The molecule has 0 aliphatic carbocycles. The van der Waals surface area contributed by atoms with Crippen LogP contribution >= 0.6 is 0 Å². The number of hydrogen-bond donors (Lipinski definition) is 0. The summed E-state index contributed by atoms with van der Waals surface area (Å²) in [5.41, 5.74) is 0.784. The average Bonchev–Trinajstić information content (AvgIpc) is 2.82. The lowest BCUT2D eigenvalue weighted by molar-refractivity contribution is -0.314. The van der Waals surface area contributed by atoms with Gasteiger partial charge in [-0.25, -0.2) is 9.59 Å². The van der Waals surface area contributed by atoms with E-state index in [-0.39, 0.29) is 26.3 Å². The van der Waals surface area contributed by atoms with E-state index in [0.29, 0.717) is 17.7 Å². The van der Waals surface area contributed by atoms with E-state index in [9.17, 15) is 9.59 Å². The largest absolute Gasteiger partial charge is 0.458 e. The second kappa shape index (κ2) is 9.82. The van der Waals surface area contributed by atoms with Crippen molar-refractivity contribution in [3.05, 3.63) is 71.8 Å². The lowest BCUT2D eigenvalue weighted by atomic mass is 10.0. The lowest BCUT2D eigenvalue weighted by Crippen LogP contribution is -2.58. The van der Waals surface area contributed by atoms with Crippen LogP contribution in [0.15, 0.2) is 60.7 Å². The molecule has 2 fully saturated rings. The minimum absolute atomic E-state index is 0.00935. The van der Waals surface area contributed by atoms with Crippen molar-refractivity contribution in [3.8, 4) is 0 Å². The number of esters is 2. The molecule has 0 unspecified atom stereocenters. The van der Waals surface area contributed by atoms with Crippen LogP contribution in [0.3, 0.4) is 0 Å². The Labute approximate surface area is 173 Å². The normalized spacial score (nSPS) is 24.3. The minimum atomic E-state index is -0.889. The van der Waals surface area contributed by atoms with Crippen molar-refractivity contribution in [1.82, 2.24) is 0 Å². The SMILES string of the molecule is O=C(OC[C@H](OC(=O)c1ccccc1)[C@@H]1OCO[C@@H]2COCO[C@H]12)c1ccccc1. The predicted octanol–water partition coefficient (Wildman–Crippen LogP) is 2.18. The van der Waals surface area contributed by atoms with Gasteiger partial charge in [-0.1, -0.05) is 36.4 Å². The molecule has 2 aliphatic heterocycles. The zero-order valence-electron chi connectivity index (χ0n) is 16.2. The van der Waals surface area contributed by atoms with Crippen LogP contribution in [0.2, 0.25) is 0 Å². The monoisotopic (exact) mass is 414 g/mol. The van der Waals surface area contributed by atoms with Gasteiger partial charge in [0.2, 0.25) is 0 Å². The van der Waals surface area contributed by atoms with Crippen LogP contribution in [-0.4, -0.2) is 63.2 Å². The van der Waals surface area contributed by atoms with Gasteiger partial charge in [-0.15, -0.1) is 0 Å². The topological polar surface area (TPSA) is 89.5 Å². The average molecular weight is 414 g/mol. The Bertz CT molecular complexity index is 839. The predicted molar refractivity (Wildman–Crippen MR) is 103 cm³/mol. The lowest BCUT2D eigenvalue weighted by Gasteiger charge is -2.42. The molecule has 0 radical (unpaired) electrons. The van der Waals surface area contributed by atoms with E-state index < -0.39 is 30.3 Å². The third kappa shape index (κ3) is 4.85. The number of benzene rings is 2. The summed E-state index contributed by atoms with van der Waals surface area (Å²) in [6, 6.07) is 17.2. The van der Waals surface area contributed by atoms with Gasteiger partial charge in [-0.3, -0.25) is 0 Å². The minimum Gasteiger partial charge on any atom is -0.458 e. The van der Waals surface area contributed by atoms with Gasteiger partial charge in [0.25, 0.3) is 0 Å². The molecule has 2 aromatic carbocycles. The molecular formula is C22H22O8. The van der Waals surface area contributed by atoms with Crippen LogP contribution in [0.4, 0.5) is 0 Å². The Hall–Kier alpha value is -2.78. The van der Waals surface area contributed by atoms with Gasteiger partial charge in [0, 0.05) is 0 Å². The first-order chi connectivity index (χ1) is 14.7. The van der Waals surface area contributed by atoms with Crippen molar-refractivity contribution in [2.24, 2.45) is 0 Å².